The van der Waals surface area contributed by atoms with Gasteiger partial charge in [0, 0.05) is 18.2 Å². The molecule has 0 radical (unpaired) electrons. The number of hydrogen-bond acceptors (Lipinski definition) is 3. The van der Waals surface area contributed by atoms with Crippen LogP contribution in [0, 0.1) is 11.3 Å². The minimum absolute atomic E-state index is 0.131. The fourth-order valence-electron chi connectivity index (χ4n) is 2.68. The van der Waals surface area contributed by atoms with Crippen molar-refractivity contribution < 1.29 is 5.11 Å². The highest BCUT2D eigenvalue weighted by Gasteiger charge is 2.47. The highest BCUT2D eigenvalue weighted by atomic mass is 16.3. The molecule has 1 fully saturated rings. The van der Waals surface area contributed by atoms with Crippen LogP contribution >= 0.6 is 0 Å². The SMILES string of the molecule is CC1CC(CN)([C@H](O)c2ccccn2)C1. The van der Waals surface area contributed by atoms with Gasteiger partial charge in [-0.05, 0) is 30.9 Å². The number of aliphatic hydroxyl groups excluding tert-OH is 1. The molecule has 3 heteroatoms. The van der Waals surface area contributed by atoms with E-state index in [-0.39, 0.29) is 5.41 Å². The van der Waals surface area contributed by atoms with E-state index in [4.69, 9.17) is 5.73 Å². The first-order valence-corrected chi connectivity index (χ1v) is 5.47. The molecule has 1 aromatic heterocycles. The summed E-state index contributed by atoms with van der Waals surface area (Å²) < 4.78 is 0. The Labute approximate surface area is 90.3 Å². The molecule has 1 aromatic rings. The molecule has 2 rings (SSSR count). The fraction of sp³-hybridized carbons (Fsp3) is 0.583. The van der Waals surface area contributed by atoms with Gasteiger partial charge in [-0.1, -0.05) is 13.0 Å². The van der Waals surface area contributed by atoms with Gasteiger partial charge in [-0.25, -0.2) is 0 Å². The van der Waals surface area contributed by atoms with Gasteiger partial charge in [-0.3, -0.25) is 4.98 Å². The van der Waals surface area contributed by atoms with Gasteiger partial charge in [-0.2, -0.15) is 0 Å². The molecule has 1 atom stereocenters. The molecule has 0 aliphatic heterocycles. The number of hydrogen-bond donors (Lipinski definition) is 2. The van der Waals surface area contributed by atoms with Crippen molar-refractivity contribution in [2.24, 2.45) is 17.1 Å². The molecule has 0 spiro atoms. The highest BCUT2D eigenvalue weighted by Crippen LogP contribution is 2.52. The average Bonchev–Trinajstić information content (AvgIpc) is 2.25. The monoisotopic (exact) mass is 206 g/mol. The van der Waals surface area contributed by atoms with Gasteiger partial charge < -0.3 is 10.8 Å². The first kappa shape index (κ1) is 10.6. The van der Waals surface area contributed by atoms with E-state index in [0.29, 0.717) is 12.5 Å². The second kappa shape index (κ2) is 3.91. The summed E-state index contributed by atoms with van der Waals surface area (Å²) in [7, 11) is 0. The third-order valence-corrected chi connectivity index (χ3v) is 3.46. The van der Waals surface area contributed by atoms with Crippen LogP contribution in [0.1, 0.15) is 31.6 Å². The van der Waals surface area contributed by atoms with Crippen molar-refractivity contribution in [1.29, 1.82) is 0 Å². The van der Waals surface area contributed by atoms with Crippen molar-refractivity contribution in [3.8, 4) is 0 Å². The number of rotatable bonds is 3. The lowest BCUT2D eigenvalue weighted by molar-refractivity contribution is -0.0623. The van der Waals surface area contributed by atoms with Gasteiger partial charge in [0.05, 0.1) is 5.69 Å². The van der Waals surface area contributed by atoms with Gasteiger partial charge in [0.15, 0.2) is 0 Å². The summed E-state index contributed by atoms with van der Waals surface area (Å²) in [6, 6.07) is 5.62. The largest absolute Gasteiger partial charge is 0.386 e. The Bertz CT molecular complexity index is 320. The molecule has 1 aliphatic rings. The highest BCUT2D eigenvalue weighted by molar-refractivity contribution is 5.13. The van der Waals surface area contributed by atoms with Crippen LogP contribution in [0.5, 0.6) is 0 Å². The Morgan fingerprint density at radius 2 is 2.33 bits per heavy atom. The molecule has 0 unspecified atom stereocenters. The van der Waals surface area contributed by atoms with E-state index in [9.17, 15) is 5.11 Å². The maximum absolute atomic E-state index is 10.3. The number of nitrogens with zero attached hydrogens (tertiary/aromatic N) is 1. The summed E-state index contributed by atoms with van der Waals surface area (Å²) in [6.07, 6.45) is 3.20. The maximum Gasteiger partial charge on any atom is 0.103 e. The molecule has 0 bridgehead atoms. The lowest BCUT2D eigenvalue weighted by Gasteiger charge is -2.48. The molecule has 3 nitrogen and oxygen atoms in total. The Kier molecular flexibility index (Phi) is 2.76. The van der Waals surface area contributed by atoms with Crippen LogP contribution in [0.15, 0.2) is 24.4 Å². The van der Waals surface area contributed by atoms with E-state index in [0.717, 1.165) is 18.5 Å². The normalized spacial score (nSPS) is 32.1. The lowest BCUT2D eigenvalue weighted by Crippen LogP contribution is -2.47. The van der Waals surface area contributed by atoms with Crippen molar-refractivity contribution in [2.75, 3.05) is 6.54 Å². The minimum atomic E-state index is -0.514. The molecule has 0 amide bonds. The second-order valence-electron chi connectivity index (χ2n) is 4.74. The molecule has 1 saturated carbocycles. The fourth-order valence-corrected chi connectivity index (χ4v) is 2.68. The van der Waals surface area contributed by atoms with Crippen LogP contribution in [0.2, 0.25) is 0 Å². The number of aromatic nitrogens is 1. The van der Waals surface area contributed by atoms with Crippen molar-refractivity contribution in [2.45, 2.75) is 25.9 Å². The average molecular weight is 206 g/mol. The second-order valence-corrected chi connectivity index (χ2v) is 4.74. The summed E-state index contributed by atoms with van der Waals surface area (Å²) in [6.45, 7) is 2.73. The Morgan fingerprint density at radius 3 is 2.80 bits per heavy atom. The maximum atomic E-state index is 10.3. The van der Waals surface area contributed by atoms with Crippen LogP contribution < -0.4 is 5.73 Å². The summed E-state index contributed by atoms with van der Waals surface area (Å²) in [5, 5.41) is 10.3. The molecule has 82 valence electrons. The zero-order valence-electron chi connectivity index (χ0n) is 9.06. The summed E-state index contributed by atoms with van der Waals surface area (Å²) in [5.74, 6) is 0.673. The molecule has 0 aromatic carbocycles. The Morgan fingerprint density at radius 1 is 1.60 bits per heavy atom. The van der Waals surface area contributed by atoms with E-state index in [1.807, 2.05) is 18.2 Å². The summed E-state index contributed by atoms with van der Waals surface area (Å²) in [4.78, 5) is 4.19. The Balaban J connectivity index is 2.17. The van der Waals surface area contributed by atoms with Crippen molar-refractivity contribution in [1.82, 2.24) is 4.98 Å². The van der Waals surface area contributed by atoms with Crippen LogP contribution in [0.25, 0.3) is 0 Å². The molecule has 1 heterocycles. The summed E-state index contributed by atoms with van der Waals surface area (Å²) in [5.41, 5.74) is 6.40. The van der Waals surface area contributed by atoms with Crippen molar-refractivity contribution in [3.63, 3.8) is 0 Å². The van der Waals surface area contributed by atoms with Crippen LogP contribution in [0.3, 0.4) is 0 Å². The standard InChI is InChI=1S/C12H18N2O/c1-9-6-12(7-9,8-13)11(15)10-4-2-3-5-14-10/h2-5,9,11,15H,6-8,13H2,1H3/t9?,11-,12?/m1/s1. The molecule has 15 heavy (non-hydrogen) atoms. The van der Waals surface area contributed by atoms with E-state index < -0.39 is 6.10 Å². The van der Waals surface area contributed by atoms with Gasteiger partial charge >= 0.3 is 0 Å². The first-order valence-electron chi connectivity index (χ1n) is 5.47. The minimum Gasteiger partial charge on any atom is -0.386 e. The number of pyridine rings is 1. The van der Waals surface area contributed by atoms with E-state index >= 15 is 0 Å². The number of nitrogens with two attached hydrogens (primary N) is 1. The van der Waals surface area contributed by atoms with Crippen LogP contribution in [0.4, 0.5) is 0 Å². The Hall–Kier alpha value is -0.930. The van der Waals surface area contributed by atoms with Crippen molar-refractivity contribution >= 4 is 0 Å². The van der Waals surface area contributed by atoms with Gasteiger partial charge in [0.2, 0.25) is 0 Å². The predicted molar refractivity (Wildman–Crippen MR) is 59.1 cm³/mol. The van der Waals surface area contributed by atoms with Gasteiger partial charge in [0.25, 0.3) is 0 Å². The topological polar surface area (TPSA) is 59.1 Å². The zero-order valence-corrected chi connectivity index (χ0v) is 9.06. The quantitative estimate of drug-likeness (QED) is 0.787. The third kappa shape index (κ3) is 1.77. The summed E-state index contributed by atoms with van der Waals surface area (Å²) >= 11 is 0. The molecule has 0 saturated heterocycles. The zero-order chi connectivity index (χ0) is 10.9. The molecular formula is C12H18N2O. The smallest absolute Gasteiger partial charge is 0.103 e. The molecular weight excluding hydrogens is 188 g/mol. The third-order valence-electron chi connectivity index (χ3n) is 3.46. The van der Waals surface area contributed by atoms with Crippen LogP contribution in [-0.2, 0) is 0 Å². The van der Waals surface area contributed by atoms with Crippen LogP contribution in [-0.4, -0.2) is 16.6 Å². The predicted octanol–water partition coefficient (Wildman–Crippen LogP) is 1.49. The molecule has 1 aliphatic carbocycles. The van der Waals surface area contributed by atoms with E-state index in [1.54, 1.807) is 6.20 Å². The van der Waals surface area contributed by atoms with E-state index in [2.05, 4.69) is 11.9 Å². The number of aliphatic hydroxyl groups is 1. The van der Waals surface area contributed by atoms with Gasteiger partial charge in [0.1, 0.15) is 6.10 Å². The molecule has 3 N–H and O–H groups in total. The van der Waals surface area contributed by atoms with Crippen molar-refractivity contribution in [3.05, 3.63) is 30.1 Å². The first-order chi connectivity index (χ1) is 7.18. The van der Waals surface area contributed by atoms with E-state index in [1.165, 1.54) is 0 Å². The lowest BCUT2D eigenvalue weighted by atomic mass is 9.59. The van der Waals surface area contributed by atoms with Gasteiger partial charge in [-0.15, -0.1) is 0 Å².